The van der Waals surface area contributed by atoms with E-state index in [2.05, 4.69) is 10.6 Å². The van der Waals surface area contributed by atoms with E-state index >= 15 is 0 Å². The zero-order valence-electron chi connectivity index (χ0n) is 13.9. The van der Waals surface area contributed by atoms with Crippen molar-refractivity contribution < 1.29 is 9.59 Å². The average Bonchev–Trinajstić information content (AvgIpc) is 2.79. The molecule has 1 aromatic rings. The predicted octanol–water partition coefficient (Wildman–Crippen LogP) is 2.58. The average molecular weight is 338 g/mol. The summed E-state index contributed by atoms with van der Waals surface area (Å²) < 4.78 is 0. The van der Waals surface area contributed by atoms with Crippen LogP contribution in [0.4, 0.5) is 4.79 Å². The molecular formula is C17H24ClN3O2. The Morgan fingerprint density at radius 2 is 2.13 bits per heavy atom. The van der Waals surface area contributed by atoms with Gasteiger partial charge in [-0.1, -0.05) is 23.7 Å². The van der Waals surface area contributed by atoms with Gasteiger partial charge in [-0.2, -0.15) is 0 Å². The van der Waals surface area contributed by atoms with Crippen LogP contribution in [0, 0.1) is 0 Å². The van der Waals surface area contributed by atoms with Crippen molar-refractivity contribution in [3.63, 3.8) is 0 Å². The van der Waals surface area contributed by atoms with Crippen LogP contribution in [0.2, 0.25) is 5.02 Å². The van der Waals surface area contributed by atoms with Gasteiger partial charge in [0, 0.05) is 30.1 Å². The molecule has 0 bridgehead atoms. The summed E-state index contributed by atoms with van der Waals surface area (Å²) in [5.74, 6) is 0.0849. The molecule has 1 atom stereocenters. The second-order valence-corrected chi connectivity index (χ2v) is 7.29. The number of nitrogens with one attached hydrogen (secondary N) is 2. The molecular weight excluding hydrogens is 314 g/mol. The molecule has 1 unspecified atom stereocenters. The first-order valence-corrected chi connectivity index (χ1v) is 8.23. The summed E-state index contributed by atoms with van der Waals surface area (Å²) in [6, 6.07) is 7.21. The highest BCUT2D eigenvalue weighted by molar-refractivity contribution is 6.30. The molecule has 2 N–H and O–H groups in total. The van der Waals surface area contributed by atoms with Crippen LogP contribution in [-0.2, 0) is 11.2 Å². The standard InChI is InChI=1S/C17H24ClN3O2/c1-17(2,3)21-11-14(10-15(21)22)20-16(23)19-8-7-12-5-4-6-13(18)9-12/h4-6,9,14H,7-8,10-11H2,1-3H3,(H2,19,20,23). The lowest BCUT2D eigenvalue weighted by atomic mass is 10.1. The van der Waals surface area contributed by atoms with Gasteiger partial charge in [0.05, 0.1) is 6.04 Å². The quantitative estimate of drug-likeness (QED) is 0.887. The fourth-order valence-corrected chi connectivity index (χ4v) is 2.91. The van der Waals surface area contributed by atoms with E-state index in [1.165, 1.54) is 0 Å². The van der Waals surface area contributed by atoms with Crippen LogP contribution in [0.15, 0.2) is 24.3 Å². The molecule has 0 aromatic heterocycles. The fourth-order valence-electron chi connectivity index (χ4n) is 2.70. The highest BCUT2D eigenvalue weighted by Gasteiger charge is 2.36. The molecule has 5 nitrogen and oxygen atoms in total. The number of hydrogen-bond donors (Lipinski definition) is 2. The molecule has 1 fully saturated rings. The van der Waals surface area contributed by atoms with Gasteiger partial charge in [-0.15, -0.1) is 0 Å². The molecule has 1 aliphatic heterocycles. The van der Waals surface area contributed by atoms with Crippen molar-refractivity contribution in [2.24, 2.45) is 0 Å². The summed E-state index contributed by atoms with van der Waals surface area (Å²) in [4.78, 5) is 25.7. The minimum Gasteiger partial charge on any atom is -0.338 e. The molecule has 0 aliphatic carbocycles. The molecule has 6 heteroatoms. The maximum atomic E-state index is 12.0. The SMILES string of the molecule is CC(C)(C)N1CC(NC(=O)NCCc2cccc(Cl)c2)CC1=O. The Balaban J connectivity index is 1.74. The first kappa shape index (κ1) is 17.6. The van der Waals surface area contributed by atoms with Crippen LogP contribution in [0.1, 0.15) is 32.8 Å². The van der Waals surface area contributed by atoms with E-state index in [4.69, 9.17) is 11.6 Å². The number of benzene rings is 1. The Morgan fingerprint density at radius 3 is 2.74 bits per heavy atom. The van der Waals surface area contributed by atoms with E-state index < -0.39 is 0 Å². The van der Waals surface area contributed by atoms with Gasteiger partial charge in [-0.25, -0.2) is 4.79 Å². The summed E-state index contributed by atoms with van der Waals surface area (Å²) in [6.07, 6.45) is 1.07. The van der Waals surface area contributed by atoms with Crippen molar-refractivity contribution in [2.75, 3.05) is 13.1 Å². The van der Waals surface area contributed by atoms with E-state index in [1.54, 1.807) is 0 Å². The lowest BCUT2D eigenvalue weighted by Crippen LogP contribution is -2.46. The summed E-state index contributed by atoms with van der Waals surface area (Å²) >= 11 is 5.93. The van der Waals surface area contributed by atoms with Crippen LogP contribution < -0.4 is 10.6 Å². The first-order valence-electron chi connectivity index (χ1n) is 7.85. The maximum absolute atomic E-state index is 12.0. The molecule has 1 saturated heterocycles. The van der Waals surface area contributed by atoms with Gasteiger partial charge in [-0.3, -0.25) is 4.79 Å². The third-order valence-corrected chi connectivity index (χ3v) is 4.09. The Bertz CT molecular complexity index is 583. The van der Waals surface area contributed by atoms with Crippen LogP contribution >= 0.6 is 11.6 Å². The number of carbonyl (C=O) groups is 2. The van der Waals surface area contributed by atoms with E-state index in [9.17, 15) is 9.59 Å². The molecule has 2 rings (SSSR count). The largest absolute Gasteiger partial charge is 0.338 e. The predicted molar refractivity (Wildman–Crippen MR) is 91.6 cm³/mol. The first-order chi connectivity index (χ1) is 10.8. The van der Waals surface area contributed by atoms with Gasteiger partial charge in [0.25, 0.3) is 0 Å². The monoisotopic (exact) mass is 337 g/mol. The maximum Gasteiger partial charge on any atom is 0.315 e. The molecule has 0 saturated carbocycles. The fraction of sp³-hybridized carbons (Fsp3) is 0.529. The minimum absolute atomic E-state index is 0.0849. The van der Waals surface area contributed by atoms with Gasteiger partial charge in [0.1, 0.15) is 0 Å². The van der Waals surface area contributed by atoms with Gasteiger partial charge in [0.2, 0.25) is 5.91 Å². The summed E-state index contributed by atoms with van der Waals surface area (Å²) in [6.45, 7) is 7.08. The normalized spacial score (nSPS) is 18.2. The van der Waals surface area contributed by atoms with Crippen LogP contribution in [-0.4, -0.2) is 41.5 Å². The number of likely N-dealkylation sites (tertiary alicyclic amines) is 1. The second kappa shape index (κ2) is 7.21. The lowest BCUT2D eigenvalue weighted by molar-refractivity contribution is -0.131. The number of rotatable bonds is 4. The third-order valence-electron chi connectivity index (χ3n) is 3.86. The van der Waals surface area contributed by atoms with E-state index in [1.807, 2.05) is 49.9 Å². The summed E-state index contributed by atoms with van der Waals surface area (Å²) in [5.41, 5.74) is 0.865. The number of carbonyl (C=O) groups excluding carboxylic acids is 2. The molecule has 0 spiro atoms. The Hall–Kier alpha value is -1.75. The van der Waals surface area contributed by atoms with E-state index in [0.29, 0.717) is 31.0 Å². The molecule has 1 heterocycles. The molecule has 0 radical (unpaired) electrons. The van der Waals surface area contributed by atoms with Crippen molar-refractivity contribution in [2.45, 2.75) is 45.2 Å². The van der Waals surface area contributed by atoms with Gasteiger partial charge in [0.15, 0.2) is 0 Å². The van der Waals surface area contributed by atoms with Crippen molar-refractivity contribution >= 4 is 23.5 Å². The summed E-state index contributed by atoms with van der Waals surface area (Å²) in [5, 5.41) is 6.39. The van der Waals surface area contributed by atoms with Gasteiger partial charge in [-0.05, 0) is 44.9 Å². The zero-order chi connectivity index (χ0) is 17.0. The second-order valence-electron chi connectivity index (χ2n) is 6.86. The highest BCUT2D eigenvalue weighted by atomic mass is 35.5. The Kier molecular flexibility index (Phi) is 5.52. The van der Waals surface area contributed by atoms with Crippen LogP contribution in [0.3, 0.4) is 0 Å². The molecule has 1 aromatic carbocycles. The number of halogens is 1. The van der Waals surface area contributed by atoms with Gasteiger partial charge >= 0.3 is 6.03 Å². The number of nitrogens with zero attached hydrogens (tertiary/aromatic N) is 1. The zero-order valence-corrected chi connectivity index (χ0v) is 14.6. The number of amides is 3. The topological polar surface area (TPSA) is 61.4 Å². The van der Waals surface area contributed by atoms with Crippen LogP contribution in [0.25, 0.3) is 0 Å². The minimum atomic E-state index is -0.236. The highest BCUT2D eigenvalue weighted by Crippen LogP contribution is 2.21. The Morgan fingerprint density at radius 1 is 1.39 bits per heavy atom. The molecule has 3 amide bonds. The summed E-state index contributed by atoms with van der Waals surface area (Å²) in [7, 11) is 0. The van der Waals surface area contributed by atoms with E-state index in [0.717, 1.165) is 5.56 Å². The van der Waals surface area contributed by atoms with Crippen molar-refractivity contribution in [1.82, 2.24) is 15.5 Å². The van der Waals surface area contributed by atoms with E-state index in [-0.39, 0.29) is 23.5 Å². The van der Waals surface area contributed by atoms with Gasteiger partial charge < -0.3 is 15.5 Å². The number of urea groups is 1. The molecule has 126 valence electrons. The molecule has 1 aliphatic rings. The van der Waals surface area contributed by atoms with Crippen LogP contribution in [0.5, 0.6) is 0 Å². The molecule has 23 heavy (non-hydrogen) atoms. The van der Waals surface area contributed by atoms with Crippen molar-refractivity contribution in [3.8, 4) is 0 Å². The Labute approximate surface area is 142 Å². The smallest absolute Gasteiger partial charge is 0.315 e. The van der Waals surface area contributed by atoms with Crippen molar-refractivity contribution in [3.05, 3.63) is 34.9 Å². The van der Waals surface area contributed by atoms with Crippen molar-refractivity contribution in [1.29, 1.82) is 0 Å². The number of hydrogen-bond acceptors (Lipinski definition) is 2. The third kappa shape index (κ3) is 5.13. The lowest BCUT2D eigenvalue weighted by Gasteiger charge is -2.32.